The van der Waals surface area contributed by atoms with Gasteiger partial charge in [0.25, 0.3) is 5.91 Å². The van der Waals surface area contributed by atoms with E-state index >= 15 is 0 Å². The van der Waals surface area contributed by atoms with Crippen molar-refractivity contribution < 1.29 is 13.6 Å². The largest absolute Gasteiger partial charge is 0.420 e. The van der Waals surface area contributed by atoms with Crippen LogP contribution in [0.3, 0.4) is 0 Å². The van der Waals surface area contributed by atoms with Crippen molar-refractivity contribution in [3.8, 4) is 11.5 Å². The highest BCUT2D eigenvalue weighted by Crippen LogP contribution is 2.30. The Hall–Kier alpha value is -3.61. The first-order chi connectivity index (χ1) is 14.7. The van der Waals surface area contributed by atoms with Crippen LogP contribution in [-0.4, -0.2) is 39.1 Å². The molecule has 1 fully saturated rings. The van der Waals surface area contributed by atoms with Crippen molar-refractivity contribution in [2.24, 2.45) is 0 Å². The van der Waals surface area contributed by atoms with Crippen LogP contribution in [0.25, 0.3) is 22.4 Å². The van der Waals surface area contributed by atoms with Crippen LogP contribution in [0.2, 0.25) is 0 Å². The summed E-state index contributed by atoms with van der Waals surface area (Å²) < 4.78 is 18.9. The van der Waals surface area contributed by atoms with Gasteiger partial charge in [0.2, 0.25) is 11.8 Å². The third-order valence-corrected chi connectivity index (χ3v) is 5.48. The Bertz CT molecular complexity index is 1200. The first-order valence-corrected chi connectivity index (χ1v) is 9.92. The lowest BCUT2D eigenvalue weighted by Crippen LogP contribution is -2.38. The zero-order chi connectivity index (χ0) is 20.5. The molecule has 0 saturated carbocycles. The maximum Gasteiger partial charge on any atom is 0.272 e. The van der Waals surface area contributed by atoms with Gasteiger partial charge >= 0.3 is 0 Å². The number of para-hydroxylation sites is 1. The Morgan fingerprint density at radius 2 is 1.73 bits per heavy atom. The van der Waals surface area contributed by atoms with Gasteiger partial charge < -0.3 is 9.32 Å². The highest BCUT2D eigenvalue weighted by molar-refractivity contribution is 5.95. The summed E-state index contributed by atoms with van der Waals surface area (Å²) in [5.41, 5.74) is 1.96. The standard InChI is InChI=1S/C23H19FN4O2/c24-18-8-5-16(6-9-18)21-26-27-22(30-21)17-11-13-28(14-12-17)23(29)20-10-7-15-3-1-2-4-19(15)25-20/h1-10,17H,11-14H2. The summed E-state index contributed by atoms with van der Waals surface area (Å²) in [5.74, 6) is 0.669. The summed E-state index contributed by atoms with van der Waals surface area (Å²) >= 11 is 0. The average molecular weight is 402 g/mol. The van der Waals surface area contributed by atoms with Crippen LogP contribution >= 0.6 is 0 Å². The molecule has 2 aromatic heterocycles. The highest BCUT2D eigenvalue weighted by Gasteiger charge is 2.28. The molecule has 7 heteroatoms. The molecular formula is C23H19FN4O2. The first kappa shape index (κ1) is 18.4. The SMILES string of the molecule is O=C(c1ccc2ccccc2n1)N1CCC(c2nnc(-c3ccc(F)cc3)o2)CC1. The number of hydrogen-bond donors (Lipinski definition) is 0. The molecule has 4 aromatic rings. The lowest BCUT2D eigenvalue weighted by atomic mass is 9.96. The third-order valence-electron chi connectivity index (χ3n) is 5.48. The molecular weight excluding hydrogens is 383 g/mol. The second-order valence-corrected chi connectivity index (χ2v) is 7.41. The normalized spacial score (nSPS) is 14.9. The Morgan fingerprint density at radius 1 is 0.967 bits per heavy atom. The topological polar surface area (TPSA) is 72.1 Å². The molecule has 1 aliphatic heterocycles. The number of carbonyl (C=O) groups excluding carboxylic acids is 1. The van der Waals surface area contributed by atoms with Gasteiger partial charge in [-0.25, -0.2) is 9.37 Å². The molecule has 2 aromatic carbocycles. The fourth-order valence-electron chi connectivity index (χ4n) is 3.79. The first-order valence-electron chi connectivity index (χ1n) is 9.92. The van der Waals surface area contributed by atoms with E-state index in [1.54, 1.807) is 18.2 Å². The second kappa shape index (κ2) is 7.67. The van der Waals surface area contributed by atoms with Gasteiger partial charge in [0, 0.05) is 30.0 Å². The minimum absolute atomic E-state index is 0.0586. The van der Waals surface area contributed by atoms with Crippen LogP contribution in [0.5, 0.6) is 0 Å². The van der Waals surface area contributed by atoms with Gasteiger partial charge in [-0.2, -0.15) is 0 Å². The molecule has 5 rings (SSSR count). The molecule has 30 heavy (non-hydrogen) atoms. The Kier molecular flexibility index (Phi) is 4.71. The summed E-state index contributed by atoms with van der Waals surface area (Å²) in [4.78, 5) is 19.2. The van der Waals surface area contributed by atoms with Crippen LogP contribution in [0.15, 0.2) is 65.1 Å². The Morgan fingerprint density at radius 3 is 2.53 bits per heavy atom. The number of carbonyl (C=O) groups is 1. The number of benzene rings is 2. The number of halogens is 1. The van der Waals surface area contributed by atoms with Gasteiger partial charge in [0.05, 0.1) is 5.52 Å². The van der Waals surface area contributed by atoms with Gasteiger partial charge in [-0.15, -0.1) is 10.2 Å². The van der Waals surface area contributed by atoms with Crippen molar-refractivity contribution in [2.75, 3.05) is 13.1 Å². The molecule has 0 atom stereocenters. The molecule has 150 valence electrons. The fourth-order valence-corrected chi connectivity index (χ4v) is 3.79. The molecule has 6 nitrogen and oxygen atoms in total. The van der Waals surface area contributed by atoms with Gasteiger partial charge in [-0.3, -0.25) is 4.79 Å². The van der Waals surface area contributed by atoms with E-state index in [4.69, 9.17) is 4.42 Å². The molecule has 0 aliphatic carbocycles. The smallest absolute Gasteiger partial charge is 0.272 e. The molecule has 1 saturated heterocycles. The summed E-state index contributed by atoms with van der Waals surface area (Å²) in [7, 11) is 0. The van der Waals surface area contributed by atoms with Crippen molar-refractivity contribution in [3.63, 3.8) is 0 Å². The molecule has 1 aliphatic rings. The molecule has 0 radical (unpaired) electrons. The summed E-state index contributed by atoms with van der Waals surface area (Å²) in [6.45, 7) is 1.21. The van der Waals surface area contributed by atoms with Gasteiger partial charge in [-0.1, -0.05) is 24.3 Å². The van der Waals surface area contributed by atoms with E-state index in [1.807, 2.05) is 35.2 Å². The van der Waals surface area contributed by atoms with E-state index in [9.17, 15) is 9.18 Å². The predicted octanol–water partition coefficient (Wildman–Crippen LogP) is 4.44. The summed E-state index contributed by atoms with van der Waals surface area (Å²) in [6, 6.07) is 17.4. The van der Waals surface area contributed by atoms with Gasteiger partial charge in [0.1, 0.15) is 11.5 Å². The van der Waals surface area contributed by atoms with Gasteiger partial charge in [0.15, 0.2) is 0 Å². The monoisotopic (exact) mass is 402 g/mol. The van der Waals surface area contributed by atoms with E-state index in [0.29, 0.717) is 36.1 Å². The van der Waals surface area contributed by atoms with Crippen molar-refractivity contribution in [1.82, 2.24) is 20.1 Å². The maximum absolute atomic E-state index is 13.1. The van der Waals surface area contributed by atoms with Gasteiger partial charge in [-0.05, 0) is 49.2 Å². The fraction of sp³-hybridized carbons (Fsp3) is 0.217. The number of aromatic nitrogens is 3. The number of rotatable bonds is 3. The van der Waals surface area contributed by atoms with E-state index < -0.39 is 0 Å². The molecule has 0 N–H and O–H groups in total. The minimum atomic E-state index is -0.309. The zero-order valence-electron chi connectivity index (χ0n) is 16.2. The highest BCUT2D eigenvalue weighted by atomic mass is 19.1. The number of pyridine rings is 1. The third kappa shape index (κ3) is 3.54. The van der Waals surface area contributed by atoms with E-state index in [2.05, 4.69) is 15.2 Å². The van der Waals surface area contributed by atoms with E-state index in [1.165, 1.54) is 12.1 Å². The number of hydrogen-bond acceptors (Lipinski definition) is 5. The quantitative estimate of drug-likeness (QED) is 0.506. The number of fused-ring (bicyclic) bond motifs is 1. The average Bonchev–Trinajstić information content (AvgIpc) is 3.29. The van der Waals surface area contributed by atoms with Crippen LogP contribution < -0.4 is 0 Å². The lowest BCUT2D eigenvalue weighted by Gasteiger charge is -2.30. The molecule has 0 spiro atoms. The predicted molar refractivity (Wildman–Crippen MR) is 109 cm³/mol. The molecule has 0 unspecified atom stereocenters. The lowest BCUT2D eigenvalue weighted by molar-refractivity contribution is 0.0701. The van der Waals surface area contributed by atoms with Crippen LogP contribution in [-0.2, 0) is 0 Å². The summed E-state index contributed by atoms with van der Waals surface area (Å²) in [5, 5.41) is 9.28. The molecule has 0 bridgehead atoms. The van der Waals surface area contributed by atoms with Crippen molar-refractivity contribution >= 4 is 16.8 Å². The molecule has 3 heterocycles. The Labute approximate surface area is 172 Å². The minimum Gasteiger partial charge on any atom is -0.420 e. The van der Waals surface area contributed by atoms with Crippen molar-refractivity contribution in [2.45, 2.75) is 18.8 Å². The number of amides is 1. The van der Waals surface area contributed by atoms with Crippen LogP contribution in [0, 0.1) is 5.82 Å². The van der Waals surface area contributed by atoms with Crippen LogP contribution in [0.1, 0.15) is 35.1 Å². The molecule has 1 amide bonds. The van der Waals surface area contributed by atoms with E-state index in [0.717, 1.165) is 23.7 Å². The summed E-state index contributed by atoms with van der Waals surface area (Å²) in [6.07, 6.45) is 1.48. The zero-order valence-corrected chi connectivity index (χ0v) is 16.2. The number of likely N-dealkylation sites (tertiary alicyclic amines) is 1. The number of piperidine rings is 1. The maximum atomic E-state index is 13.1. The second-order valence-electron chi connectivity index (χ2n) is 7.41. The Balaban J connectivity index is 1.26. The van der Waals surface area contributed by atoms with E-state index in [-0.39, 0.29) is 17.6 Å². The van der Waals surface area contributed by atoms with Crippen molar-refractivity contribution in [3.05, 3.63) is 78.1 Å². The van der Waals surface area contributed by atoms with Crippen LogP contribution in [0.4, 0.5) is 4.39 Å². The number of nitrogens with zero attached hydrogens (tertiary/aromatic N) is 4. The van der Waals surface area contributed by atoms with Crippen molar-refractivity contribution in [1.29, 1.82) is 0 Å².